The molecule has 0 atom stereocenters. The molecule has 0 spiro atoms. The third-order valence-corrected chi connectivity index (χ3v) is 3.11. The zero-order chi connectivity index (χ0) is 13.8. The summed E-state index contributed by atoms with van der Waals surface area (Å²) < 4.78 is 1.83. The number of aromatic nitrogens is 3. The van der Waals surface area contributed by atoms with Crippen LogP contribution in [0, 0.1) is 13.8 Å². The molecule has 5 nitrogen and oxygen atoms in total. The first-order valence-corrected chi connectivity index (χ1v) is 6.47. The highest BCUT2D eigenvalue weighted by Crippen LogP contribution is 2.17. The molecular weight excluding hydrogens is 238 g/mol. The second-order valence-electron chi connectivity index (χ2n) is 4.94. The molecule has 0 saturated carbocycles. The number of nitrogens with two attached hydrogens (primary N) is 1. The summed E-state index contributed by atoms with van der Waals surface area (Å²) in [4.78, 5) is 2.23. The molecule has 2 rings (SSSR count). The molecule has 19 heavy (non-hydrogen) atoms. The summed E-state index contributed by atoms with van der Waals surface area (Å²) in [6.07, 6.45) is 1.90. The topological polar surface area (TPSA) is 60.0 Å². The summed E-state index contributed by atoms with van der Waals surface area (Å²) in [6.45, 7) is 6.37. The Bertz CT molecular complexity index is 526. The van der Waals surface area contributed by atoms with Gasteiger partial charge in [0.05, 0.1) is 12.2 Å². The van der Waals surface area contributed by atoms with Gasteiger partial charge < -0.3 is 10.6 Å². The van der Waals surface area contributed by atoms with Crippen molar-refractivity contribution in [2.45, 2.75) is 26.9 Å². The molecule has 0 saturated heterocycles. The normalized spacial score (nSPS) is 10.7. The maximum atomic E-state index is 5.52. The van der Waals surface area contributed by atoms with Gasteiger partial charge in [-0.15, -0.1) is 5.10 Å². The van der Waals surface area contributed by atoms with Crippen LogP contribution in [0.1, 0.15) is 16.8 Å². The number of likely N-dealkylation sites (N-methyl/N-ethyl adjacent to an activating group) is 1. The molecule has 0 unspecified atom stereocenters. The van der Waals surface area contributed by atoms with Crippen molar-refractivity contribution in [3.8, 4) is 0 Å². The number of nitrogens with zero attached hydrogens (tertiary/aromatic N) is 4. The van der Waals surface area contributed by atoms with E-state index in [9.17, 15) is 0 Å². The fraction of sp³-hybridized carbons (Fsp3) is 0.429. The first kappa shape index (κ1) is 13.5. The molecule has 0 aliphatic carbocycles. The monoisotopic (exact) mass is 259 g/mol. The van der Waals surface area contributed by atoms with Gasteiger partial charge in [0, 0.05) is 32.0 Å². The molecule has 5 heteroatoms. The lowest BCUT2D eigenvalue weighted by Gasteiger charge is -2.20. The highest BCUT2D eigenvalue weighted by molar-refractivity contribution is 5.50. The van der Waals surface area contributed by atoms with E-state index in [1.165, 1.54) is 16.8 Å². The number of hydrogen-bond acceptors (Lipinski definition) is 4. The van der Waals surface area contributed by atoms with Crippen molar-refractivity contribution in [2.75, 3.05) is 18.5 Å². The van der Waals surface area contributed by atoms with Crippen LogP contribution in [0.4, 0.5) is 5.69 Å². The maximum Gasteiger partial charge on any atom is 0.0962 e. The van der Waals surface area contributed by atoms with E-state index in [4.69, 9.17) is 5.73 Å². The minimum atomic E-state index is 0.437. The average molecular weight is 259 g/mol. The van der Waals surface area contributed by atoms with E-state index in [0.717, 1.165) is 18.8 Å². The molecule has 0 aliphatic rings. The molecule has 0 radical (unpaired) electrons. The zero-order valence-electron chi connectivity index (χ0n) is 11.8. The van der Waals surface area contributed by atoms with Gasteiger partial charge in [-0.05, 0) is 37.1 Å². The van der Waals surface area contributed by atoms with Crippen LogP contribution in [0.15, 0.2) is 24.4 Å². The maximum absolute atomic E-state index is 5.52. The van der Waals surface area contributed by atoms with Crippen molar-refractivity contribution in [3.05, 3.63) is 41.2 Å². The van der Waals surface area contributed by atoms with Crippen LogP contribution in [-0.4, -0.2) is 28.6 Å². The Kier molecular flexibility index (Phi) is 4.16. The second kappa shape index (κ2) is 5.84. The number of rotatable bonds is 5. The summed E-state index contributed by atoms with van der Waals surface area (Å²) in [5.41, 5.74) is 10.1. The van der Waals surface area contributed by atoms with Gasteiger partial charge in [-0.25, -0.2) is 0 Å². The summed E-state index contributed by atoms with van der Waals surface area (Å²) in [5.74, 6) is 0. The van der Waals surface area contributed by atoms with Gasteiger partial charge in [0.25, 0.3) is 0 Å². The van der Waals surface area contributed by atoms with Gasteiger partial charge in [0.15, 0.2) is 0 Å². The minimum absolute atomic E-state index is 0.437. The number of aryl methyl sites for hydroxylation is 2. The molecule has 0 amide bonds. The van der Waals surface area contributed by atoms with E-state index in [-0.39, 0.29) is 0 Å². The first-order chi connectivity index (χ1) is 9.08. The van der Waals surface area contributed by atoms with Crippen molar-refractivity contribution in [1.29, 1.82) is 0 Å². The number of hydrogen-bond donors (Lipinski definition) is 1. The smallest absolute Gasteiger partial charge is 0.0962 e. The van der Waals surface area contributed by atoms with Crippen molar-refractivity contribution in [3.63, 3.8) is 0 Å². The Labute approximate surface area is 114 Å². The van der Waals surface area contributed by atoms with Crippen LogP contribution in [0.3, 0.4) is 0 Å². The van der Waals surface area contributed by atoms with Crippen molar-refractivity contribution >= 4 is 5.69 Å². The predicted octanol–water partition coefficient (Wildman–Crippen LogP) is 1.49. The Morgan fingerprint density at radius 1 is 1.21 bits per heavy atom. The second-order valence-corrected chi connectivity index (χ2v) is 4.94. The van der Waals surface area contributed by atoms with Crippen LogP contribution >= 0.6 is 0 Å². The average Bonchev–Trinajstić information content (AvgIpc) is 2.82. The highest BCUT2D eigenvalue weighted by Gasteiger charge is 2.04. The lowest BCUT2D eigenvalue weighted by molar-refractivity contribution is 0.587. The molecule has 2 N–H and O–H groups in total. The fourth-order valence-electron chi connectivity index (χ4n) is 2.09. The molecular formula is C14H21N5. The first-order valence-electron chi connectivity index (χ1n) is 6.47. The Balaban J connectivity index is 1.98. The third-order valence-electron chi connectivity index (χ3n) is 3.11. The quantitative estimate of drug-likeness (QED) is 0.883. The molecule has 0 bridgehead atoms. The van der Waals surface area contributed by atoms with E-state index >= 15 is 0 Å². The van der Waals surface area contributed by atoms with E-state index < -0.39 is 0 Å². The summed E-state index contributed by atoms with van der Waals surface area (Å²) in [5, 5.41) is 8.03. The van der Waals surface area contributed by atoms with Crippen LogP contribution in [-0.2, 0) is 13.1 Å². The van der Waals surface area contributed by atoms with Crippen molar-refractivity contribution in [1.82, 2.24) is 15.0 Å². The highest BCUT2D eigenvalue weighted by atomic mass is 15.4. The van der Waals surface area contributed by atoms with Gasteiger partial charge in [0.1, 0.15) is 0 Å². The molecule has 102 valence electrons. The number of anilines is 1. The van der Waals surface area contributed by atoms with Crippen molar-refractivity contribution < 1.29 is 0 Å². The molecule has 1 heterocycles. The Hall–Kier alpha value is -1.88. The summed E-state index contributed by atoms with van der Waals surface area (Å²) >= 11 is 0. The van der Waals surface area contributed by atoms with E-state index in [1.54, 1.807) is 0 Å². The number of benzene rings is 1. The SMILES string of the molecule is Cc1cc(C)cc(N(C)CCn2cc(CN)nn2)c1. The Morgan fingerprint density at radius 3 is 2.47 bits per heavy atom. The summed E-state index contributed by atoms with van der Waals surface area (Å²) in [6, 6.07) is 6.57. The minimum Gasteiger partial charge on any atom is -0.373 e. The van der Waals surface area contributed by atoms with E-state index in [2.05, 4.69) is 54.3 Å². The lowest BCUT2D eigenvalue weighted by Crippen LogP contribution is -2.23. The zero-order valence-corrected chi connectivity index (χ0v) is 11.8. The van der Waals surface area contributed by atoms with Gasteiger partial charge in [-0.3, -0.25) is 4.68 Å². The van der Waals surface area contributed by atoms with Crippen LogP contribution in [0.25, 0.3) is 0 Å². The molecule has 1 aromatic carbocycles. The van der Waals surface area contributed by atoms with Gasteiger partial charge >= 0.3 is 0 Å². The van der Waals surface area contributed by atoms with Gasteiger partial charge in [-0.2, -0.15) is 0 Å². The van der Waals surface area contributed by atoms with Gasteiger partial charge in [-0.1, -0.05) is 11.3 Å². The molecule has 1 aromatic heterocycles. The Morgan fingerprint density at radius 2 is 1.89 bits per heavy atom. The van der Waals surface area contributed by atoms with Crippen molar-refractivity contribution in [2.24, 2.45) is 5.73 Å². The van der Waals surface area contributed by atoms with E-state index in [0.29, 0.717) is 6.54 Å². The van der Waals surface area contributed by atoms with Gasteiger partial charge in [0.2, 0.25) is 0 Å². The standard InChI is InChI=1S/C14H21N5/c1-11-6-12(2)8-14(7-11)18(3)4-5-19-10-13(9-15)16-17-19/h6-8,10H,4-5,9,15H2,1-3H3. The lowest BCUT2D eigenvalue weighted by atomic mass is 10.1. The van der Waals surface area contributed by atoms with Crippen LogP contribution < -0.4 is 10.6 Å². The predicted molar refractivity (Wildman–Crippen MR) is 77.1 cm³/mol. The van der Waals surface area contributed by atoms with Crippen LogP contribution in [0.5, 0.6) is 0 Å². The fourth-order valence-corrected chi connectivity index (χ4v) is 2.09. The molecule has 0 fully saturated rings. The molecule has 0 aliphatic heterocycles. The molecule has 2 aromatic rings. The third kappa shape index (κ3) is 3.54. The largest absolute Gasteiger partial charge is 0.373 e. The van der Waals surface area contributed by atoms with Crippen LogP contribution in [0.2, 0.25) is 0 Å². The van der Waals surface area contributed by atoms with E-state index in [1.807, 2.05) is 10.9 Å². The summed E-state index contributed by atoms with van der Waals surface area (Å²) in [7, 11) is 2.09.